The number of benzene rings is 1. The SMILES string of the molecule is NCC1CC(=O)N(C2CCOc3ccccc32)C1. The van der Waals surface area contributed by atoms with Crippen molar-refractivity contribution in [3.05, 3.63) is 29.8 Å². The number of ether oxygens (including phenoxy) is 1. The Morgan fingerprint density at radius 3 is 3.00 bits per heavy atom. The van der Waals surface area contributed by atoms with Crippen molar-refractivity contribution in [1.29, 1.82) is 0 Å². The zero-order chi connectivity index (χ0) is 12.5. The molecule has 4 nitrogen and oxygen atoms in total. The Hall–Kier alpha value is -1.55. The van der Waals surface area contributed by atoms with Crippen molar-refractivity contribution in [2.45, 2.75) is 18.9 Å². The Balaban J connectivity index is 1.88. The predicted octanol–water partition coefficient (Wildman–Crippen LogP) is 1.32. The molecule has 2 N–H and O–H groups in total. The lowest BCUT2D eigenvalue weighted by atomic mass is 9.99. The van der Waals surface area contributed by atoms with Gasteiger partial charge in [0.1, 0.15) is 5.75 Å². The average molecular weight is 246 g/mol. The van der Waals surface area contributed by atoms with Crippen LogP contribution in [0.3, 0.4) is 0 Å². The van der Waals surface area contributed by atoms with Crippen LogP contribution in [0.1, 0.15) is 24.4 Å². The van der Waals surface area contributed by atoms with Gasteiger partial charge in [0.05, 0.1) is 12.6 Å². The molecule has 3 rings (SSSR count). The molecule has 2 unspecified atom stereocenters. The van der Waals surface area contributed by atoms with Crippen molar-refractivity contribution in [3.8, 4) is 5.75 Å². The van der Waals surface area contributed by atoms with E-state index in [-0.39, 0.29) is 11.9 Å². The summed E-state index contributed by atoms with van der Waals surface area (Å²) in [6, 6.07) is 8.17. The molecule has 0 saturated carbocycles. The molecule has 2 atom stereocenters. The lowest BCUT2D eigenvalue weighted by molar-refractivity contribution is -0.130. The fraction of sp³-hybridized carbons (Fsp3) is 0.500. The fourth-order valence-electron chi connectivity index (χ4n) is 2.91. The number of amides is 1. The van der Waals surface area contributed by atoms with Gasteiger partial charge in [-0.05, 0) is 18.5 Å². The van der Waals surface area contributed by atoms with Gasteiger partial charge < -0.3 is 15.4 Å². The number of para-hydroxylation sites is 1. The third-order valence-corrected chi connectivity index (χ3v) is 3.87. The number of hydrogen-bond acceptors (Lipinski definition) is 3. The van der Waals surface area contributed by atoms with Crippen LogP contribution in [0, 0.1) is 5.92 Å². The largest absolute Gasteiger partial charge is 0.493 e. The molecule has 2 aliphatic heterocycles. The van der Waals surface area contributed by atoms with Crippen molar-refractivity contribution < 1.29 is 9.53 Å². The highest BCUT2D eigenvalue weighted by atomic mass is 16.5. The predicted molar refractivity (Wildman–Crippen MR) is 68.2 cm³/mol. The van der Waals surface area contributed by atoms with Crippen molar-refractivity contribution in [2.24, 2.45) is 11.7 Å². The van der Waals surface area contributed by atoms with Gasteiger partial charge in [0.15, 0.2) is 0 Å². The number of rotatable bonds is 2. The number of fused-ring (bicyclic) bond motifs is 1. The normalized spacial score (nSPS) is 26.9. The summed E-state index contributed by atoms with van der Waals surface area (Å²) in [5.74, 6) is 1.46. The number of carbonyl (C=O) groups excluding carboxylic acids is 1. The first-order chi connectivity index (χ1) is 8.79. The number of nitrogens with two attached hydrogens (primary N) is 1. The lowest BCUT2D eigenvalue weighted by Gasteiger charge is -2.33. The highest BCUT2D eigenvalue weighted by Crippen LogP contribution is 2.38. The van der Waals surface area contributed by atoms with Crippen LogP contribution >= 0.6 is 0 Å². The van der Waals surface area contributed by atoms with Gasteiger partial charge >= 0.3 is 0 Å². The first-order valence-electron chi connectivity index (χ1n) is 6.51. The Morgan fingerprint density at radius 1 is 1.39 bits per heavy atom. The first kappa shape index (κ1) is 11.5. The molecule has 2 heterocycles. The molecule has 1 fully saturated rings. The third-order valence-electron chi connectivity index (χ3n) is 3.87. The van der Waals surface area contributed by atoms with Crippen LogP contribution in [0.4, 0.5) is 0 Å². The number of hydrogen-bond donors (Lipinski definition) is 1. The van der Waals surface area contributed by atoms with Crippen LogP contribution < -0.4 is 10.5 Å². The fourth-order valence-corrected chi connectivity index (χ4v) is 2.91. The van der Waals surface area contributed by atoms with Crippen molar-refractivity contribution in [1.82, 2.24) is 4.90 Å². The number of likely N-dealkylation sites (tertiary alicyclic amines) is 1. The number of nitrogens with zero attached hydrogens (tertiary/aromatic N) is 1. The second kappa shape index (κ2) is 4.61. The van der Waals surface area contributed by atoms with Gasteiger partial charge in [-0.2, -0.15) is 0 Å². The molecule has 1 amide bonds. The van der Waals surface area contributed by atoms with E-state index in [2.05, 4.69) is 6.07 Å². The van der Waals surface area contributed by atoms with Crippen LogP contribution in [-0.2, 0) is 4.79 Å². The summed E-state index contributed by atoms with van der Waals surface area (Å²) < 4.78 is 5.64. The summed E-state index contributed by atoms with van der Waals surface area (Å²) in [6.07, 6.45) is 1.47. The molecule has 1 aromatic carbocycles. The minimum Gasteiger partial charge on any atom is -0.493 e. The summed E-state index contributed by atoms with van der Waals surface area (Å²) in [4.78, 5) is 14.1. The van der Waals surface area contributed by atoms with E-state index in [0.717, 1.165) is 24.3 Å². The molecular formula is C14H18N2O2. The van der Waals surface area contributed by atoms with Crippen molar-refractivity contribution in [2.75, 3.05) is 19.7 Å². The molecule has 0 radical (unpaired) electrons. The lowest BCUT2D eigenvalue weighted by Crippen LogP contribution is -2.34. The minimum atomic E-state index is 0.166. The Labute approximate surface area is 107 Å². The van der Waals surface area contributed by atoms with Crippen LogP contribution in [0.15, 0.2) is 24.3 Å². The van der Waals surface area contributed by atoms with Crippen molar-refractivity contribution >= 4 is 5.91 Å². The summed E-state index contributed by atoms with van der Waals surface area (Å²) in [5.41, 5.74) is 6.81. The second-order valence-electron chi connectivity index (χ2n) is 5.04. The van der Waals surface area contributed by atoms with Gasteiger partial charge in [0.25, 0.3) is 0 Å². The molecule has 0 aliphatic carbocycles. The van der Waals surface area contributed by atoms with Gasteiger partial charge in [-0.15, -0.1) is 0 Å². The molecular weight excluding hydrogens is 228 g/mol. The van der Waals surface area contributed by atoms with Gasteiger partial charge in [0.2, 0.25) is 5.91 Å². The molecule has 0 bridgehead atoms. The molecule has 0 aromatic heterocycles. The molecule has 2 aliphatic rings. The maximum Gasteiger partial charge on any atom is 0.223 e. The third kappa shape index (κ3) is 1.86. The summed E-state index contributed by atoms with van der Waals surface area (Å²) >= 11 is 0. The summed E-state index contributed by atoms with van der Waals surface area (Å²) in [5, 5.41) is 0. The van der Waals surface area contributed by atoms with Gasteiger partial charge in [-0.25, -0.2) is 0 Å². The monoisotopic (exact) mass is 246 g/mol. The first-order valence-corrected chi connectivity index (χ1v) is 6.51. The topological polar surface area (TPSA) is 55.6 Å². The zero-order valence-electron chi connectivity index (χ0n) is 10.3. The molecule has 4 heteroatoms. The van der Waals surface area contributed by atoms with E-state index in [1.54, 1.807) is 0 Å². The Morgan fingerprint density at radius 2 is 2.22 bits per heavy atom. The maximum atomic E-state index is 12.1. The van der Waals surface area contributed by atoms with E-state index in [9.17, 15) is 4.79 Å². The van der Waals surface area contributed by atoms with E-state index in [1.807, 2.05) is 23.1 Å². The van der Waals surface area contributed by atoms with E-state index >= 15 is 0 Å². The van der Waals surface area contributed by atoms with E-state index in [4.69, 9.17) is 10.5 Å². The molecule has 96 valence electrons. The van der Waals surface area contributed by atoms with Gasteiger partial charge in [-0.1, -0.05) is 18.2 Å². The summed E-state index contributed by atoms with van der Waals surface area (Å²) in [6.45, 7) is 2.06. The van der Waals surface area contributed by atoms with E-state index in [1.165, 1.54) is 0 Å². The van der Waals surface area contributed by atoms with Crippen LogP contribution in [0.5, 0.6) is 5.75 Å². The minimum absolute atomic E-state index is 0.166. The van der Waals surface area contributed by atoms with E-state index < -0.39 is 0 Å². The average Bonchev–Trinajstić information content (AvgIpc) is 2.79. The summed E-state index contributed by atoms with van der Waals surface area (Å²) in [7, 11) is 0. The highest BCUT2D eigenvalue weighted by molar-refractivity contribution is 5.79. The van der Waals surface area contributed by atoms with Crippen LogP contribution in [-0.4, -0.2) is 30.5 Å². The smallest absolute Gasteiger partial charge is 0.223 e. The second-order valence-corrected chi connectivity index (χ2v) is 5.04. The Kier molecular flexibility index (Phi) is 2.96. The maximum absolute atomic E-state index is 12.1. The van der Waals surface area contributed by atoms with Crippen LogP contribution in [0.25, 0.3) is 0 Å². The number of carbonyl (C=O) groups is 1. The quantitative estimate of drug-likeness (QED) is 0.856. The molecule has 18 heavy (non-hydrogen) atoms. The van der Waals surface area contributed by atoms with E-state index in [0.29, 0.717) is 25.5 Å². The zero-order valence-corrected chi connectivity index (χ0v) is 10.3. The standard InChI is InChI=1S/C14H18N2O2/c15-8-10-7-14(17)16(9-10)12-5-6-18-13-4-2-1-3-11(12)13/h1-4,10,12H,5-9,15H2. The van der Waals surface area contributed by atoms with Crippen LogP contribution in [0.2, 0.25) is 0 Å². The van der Waals surface area contributed by atoms with Gasteiger partial charge in [-0.3, -0.25) is 4.79 Å². The molecule has 0 spiro atoms. The molecule has 1 aromatic rings. The Bertz CT molecular complexity index is 461. The van der Waals surface area contributed by atoms with Crippen molar-refractivity contribution in [3.63, 3.8) is 0 Å². The highest BCUT2D eigenvalue weighted by Gasteiger charge is 2.36. The van der Waals surface area contributed by atoms with Gasteiger partial charge in [0, 0.05) is 24.9 Å². The molecule has 1 saturated heterocycles.